The molecule has 148 valence electrons. The van der Waals surface area contributed by atoms with Crippen LogP contribution in [0.1, 0.15) is 10.4 Å². The van der Waals surface area contributed by atoms with Crippen molar-refractivity contribution in [2.24, 2.45) is 0 Å². The molecule has 4 rings (SSSR count). The molecule has 2 aromatic heterocycles. The fourth-order valence-corrected chi connectivity index (χ4v) is 3.81. The molecule has 0 unspecified atom stereocenters. The van der Waals surface area contributed by atoms with Gasteiger partial charge >= 0.3 is 0 Å². The maximum absolute atomic E-state index is 13.1. The SMILES string of the molecule is COc1cc(C(=O)Nc2c(-c3ccccc3)nc3sccn23)cc(OC)c1OC. The van der Waals surface area contributed by atoms with Crippen LogP contribution in [0.25, 0.3) is 16.2 Å². The number of fused-ring (bicyclic) bond motifs is 1. The lowest BCUT2D eigenvalue weighted by molar-refractivity contribution is 0.102. The normalized spacial score (nSPS) is 10.7. The fraction of sp³-hybridized carbons (Fsp3) is 0.143. The van der Waals surface area contributed by atoms with Gasteiger partial charge in [0.2, 0.25) is 5.75 Å². The van der Waals surface area contributed by atoms with Gasteiger partial charge in [0.25, 0.3) is 5.91 Å². The standard InChI is InChI=1S/C21H19N3O4S/c1-26-15-11-14(12-16(27-2)18(15)28-3)20(25)23-19-17(13-7-5-4-6-8-13)22-21-24(19)9-10-29-21/h4-12H,1-3H3,(H,23,25). The second kappa shape index (κ2) is 7.84. The van der Waals surface area contributed by atoms with Crippen LogP contribution in [-0.4, -0.2) is 36.6 Å². The smallest absolute Gasteiger partial charge is 0.257 e. The Balaban J connectivity index is 1.76. The van der Waals surface area contributed by atoms with Gasteiger partial charge in [-0.1, -0.05) is 30.3 Å². The number of methoxy groups -OCH3 is 3. The van der Waals surface area contributed by atoms with Gasteiger partial charge < -0.3 is 19.5 Å². The molecule has 1 N–H and O–H groups in total. The zero-order valence-electron chi connectivity index (χ0n) is 16.1. The molecule has 0 radical (unpaired) electrons. The molecule has 2 heterocycles. The van der Waals surface area contributed by atoms with Gasteiger partial charge in [0, 0.05) is 22.7 Å². The van der Waals surface area contributed by atoms with E-state index in [0.29, 0.717) is 34.3 Å². The van der Waals surface area contributed by atoms with Crippen LogP contribution in [0.3, 0.4) is 0 Å². The van der Waals surface area contributed by atoms with Crippen molar-refractivity contribution < 1.29 is 19.0 Å². The Morgan fingerprint density at radius 2 is 1.72 bits per heavy atom. The number of carbonyl (C=O) groups is 1. The lowest BCUT2D eigenvalue weighted by Crippen LogP contribution is -2.14. The highest BCUT2D eigenvalue weighted by atomic mass is 32.1. The van der Waals surface area contributed by atoms with E-state index in [4.69, 9.17) is 14.2 Å². The molecule has 1 amide bonds. The van der Waals surface area contributed by atoms with Crippen LogP contribution < -0.4 is 19.5 Å². The maximum Gasteiger partial charge on any atom is 0.257 e. The number of anilines is 1. The number of imidazole rings is 1. The van der Waals surface area contributed by atoms with E-state index in [1.165, 1.54) is 32.7 Å². The predicted octanol–water partition coefficient (Wildman–Crippen LogP) is 4.34. The summed E-state index contributed by atoms with van der Waals surface area (Å²) in [5, 5.41) is 4.91. The number of nitrogens with zero attached hydrogens (tertiary/aromatic N) is 2. The van der Waals surface area contributed by atoms with Gasteiger partial charge in [0.05, 0.1) is 21.3 Å². The first kappa shape index (κ1) is 18.8. The fourth-order valence-electron chi connectivity index (χ4n) is 3.09. The summed E-state index contributed by atoms with van der Waals surface area (Å²) in [6, 6.07) is 13.0. The second-order valence-corrected chi connectivity index (χ2v) is 6.97. The minimum absolute atomic E-state index is 0.311. The van der Waals surface area contributed by atoms with Crippen molar-refractivity contribution >= 4 is 28.0 Å². The quantitative estimate of drug-likeness (QED) is 0.513. The number of nitrogens with one attached hydrogen (secondary N) is 1. The Hall–Kier alpha value is -3.52. The molecule has 0 aliphatic rings. The summed E-state index contributed by atoms with van der Waals surface area (Å²) >= 11 is 1.50. The second-order valence-electron chi connectivity index (χ2n) is 6.10. The molecule has 0 bridgehead atoms. The highest BCUT2D eigenvalue weighted by molar-refractivity contribution is 7.15. The molecule has 0 spiro atoms. The molecule has 0 atom stereocenters. The number of ether oxygens (including phenoxy) is 3. The number of rotatable bonds is 6. The monoisotopic (exact) mass is 409 g/mol. The lowest BCUT2D eigenvalue weighted by Gasteiger charge is -2.14. The van der Waals surface area contributed by atoms with E-state index < -0.39 is 0 Å². The minimum atomic E-state index is -0.311. The summed E-state index contributed by atoms with van der Waals surface area (Å²) in [4.78, 5) is 18.6. The van der Waals surface area contributed by atoms with E-state index in [1.54, 1.807) is 12.1 Å². The lowest BCUT2D eigenvalue weighted by atomic mass is 10.1. The summed E-state index contributed by atoms with van der Waals surface area (Å²) in [7, 11) is 4.54. The predicted molar refractivity (Wildman–Crippen MR) is 113 cm³/mol. The van der Waals surface area contributed by atoms with Crippen LogP contribution in [0.5, 0.6) is 17.2 Å². The van der Waals surface area contributed by atoms with Crippen molar-refractivity contribution in [3.8, 4) is 28.5 Å². The largest absolute Gasteiger partial charge is 0.493 e. The van der Waals surface area contributed by atoms with Crippen molar-refractivity contribution in [2.75, 3.05) is 26.6 Å². The summed E-state index contributed by atoms with van der Waals surface area (Å²) in [5.41, 5.74) is 2.01. The zero-order valence-corrected chi connectivity index (χ0v) is 16.9. The van der Waals surface area contributed by atoms with Gasteiger partial charge in [0.1, 0.15) is 11.5 Å². The van der Waals surface area contributed by atoms with E-state index in [9.17, 15) is 4.79 Å². The molecule has 29 heavy (non-hydrogen) atoms. The highest BCUT2D eigenvalue weighted by Crippen LogP contribution is 2.38. The van der Waals surface area contributed by atoms with Crippen LogP contribution in [0, 0.1) is 0 Å². The molecule has 0 saturated carbocycles. The third-order valence-electron chi connectivity index (χ3n) is 4.47. The van der Waals surface area contributed by atoms with E-state index in [2.05, 4.69) is 10.3 Å². The molecule has 0 aliphatic carbocycles. The third-order valence-corrected chi connectivity index (χ3v) is 5.22. The summed E-state index contributed by atoms with van der Waals surface area (Å²) in [5.74, 6) is 1.55. The van der Waals surface area contributed by atoms with Gasteiger partial charge in [0.15, 0.2) is 16.5 Å². The van der Waals surface area contributed by atoms with E-state index in [0.717, 1.165) is 10.5 Å². The number of aromatic nitrogens is 2. The van der Waals surface area contributed by atoms with Gasteiger partial charge in [-0.15, -0.1) is 11.3 Å². The zero-order chi connectivity index (χ0) is 20.4. The van der Waals surface area contributed by atoms with Gasteiger partial charge in [-0.05, 0) is 12.1 Å². The van der Waals surface area contributed by atoms with Crippen LogP contribution in [0.15, 0.2) is 54.0 Å². The maximum atomic E-state index is 13.1. The number of amides is 1. The summed E-state index contributed by atoms with van der Waals surface area (Å²) < 4.78 is 17.9. The Morgan fingerprint density at radius 1 is 1.03 bits per heavy atom. The Kier molecular flexibility index (Phi) is 5.09. The first-order valence-electron chi connectivity index (χ1n) is 8.78. The minimum Gasteiger partial charge on any atom is -0.493 e. The van der Waals surface area contributed by atoms with Crippen LogP contribution in [-0.2, 0) is 0 Å². The van der Waals surface area contributed by atoms with Gasteiger partial charge in [-0.3, -0.25) is 9.20 Å². The number of hydrogen-bond acceptors (Lipinski definition) is 6. The Morgan fingerprint density at radius 3 is 2.34 bits per heavy atom. The number of hydrogen-bond donors (Lipinski definition) is 1. The summed E-state index contributed by atoms with van der Waals surface area (Å²) in [6.07, 6.45) is 1.88. The van der Waals surface area contributed by atoms with Crippen molar-refractivity contribution in [3.63, 3.8) is 0 Å². The molecule has 7 nitrogen and oxygen atoms in total. The summed E-state index contributed by atoms with van der Waals surface area (Å²) in [6.45, 7) is 0. The van der Waals surface area contributed by atoms with E-state index in [-0.39, 0.29) is 5.91 Å². The van der Waals surface area contributed by atoms with Crippen molar-refractivity contribution in [1.82, 2.24) is 9.38 Å². The van der Waals surface area contributed by atoms with Crippen LogP contribution in [0.2, 0.25) is 0 Å². The van der Waals surface area contributed by atoms with Gasteiger partial charge in [-0.25, -0.2) is 4.98 Å². The first-order valence-corrected chi connectivity index (χ1v) is 9.66. The molecule has 0 fully saturated rings. The molecular weight excluding hydrogens is 390 g/mol. The molecule has 8 heteroatoms. The van der Waals surface area contributed by atoms with Crippen molar-refractivity contribution in [2.45, 2.75) is 0 Å². The first-order chi connectivity index (χ1) is 14.2. The Bertz CT molecular complexity index is 1140. The van der Waals surface area contributed by atoms with E-state index in [1.807, 2.05) is 46.3 Å². The Labute approximate surface area is 171 Å². The number of carbonyl (C=O) groups excluding carboxylic acids is 1. The van der Waals surface area contributed by atoms with E-state index >= 15 is 0 Å². The molecule has 0 saturated heterocycles. The molecular formula is C21H19N3O4S. The van der Waals surface area contributed by atoms with Crippen LogP contribution in [0.4, 0.5) is 5.82 Å². The number of benzene rings is 2. The number of thiazole rings is 1. The topological polar surface area (TPSA) is 74.1 Å². The average Bonchev–Trinajstić information content (AvgIpc) is 3.35. The highest BCUT2D eigenvalue weighted by Gasteiger charge is 2.21. The third kappa shape index (κ3) is 3.38. The molecule has 2 aromatic carbocycles. The van der Waals surface area contributed by atoms with Crippen molar-refractivity contribution in [3.05, 3.63) is 59.6 Å². The van der Waals surface area contributed by atoms with Crippen molar-refractivity contribution in [1.29, 1.82) is 0 Å². The molecule has 4 aromatic rings. The average molecular weight is 409 g/mol. The van der Waals surface area contributed by atoms with Crippen LogP contribution >= 0.6 is 11.3 Å². The van der Waals surface area contributed by atoms with Gasteiger partial charge in [-0.2, -0.15) is 0 Å². The molecule has 0 aliphatic heterocycles.